The first-order valence-corrected chi connectivity index (χ1v) is 23.0. The van der Waals surface area contributed by atoms with Crippen LogP contribution in [0.1, 0.15) is 128 Å². The molecule has 4 aromatic heterocycles. The van der Waals surface area contributed by atoms with Gasteiger partial charge in [0.05, 0.1) is 32.3 Å². The van der Waals surface area contributed by atoms with E-state index in [1.165, 1.54) is 72.3 Å². The number of hydrogen-bond donors (Lipinski definition) is 0. The van der Waals surface area contributed by atoms with Gasteiger partial charge in [0, 0.05) is 19.5 Å². The summed E-state index contributed by atoms with van der Waals surface area (Å²) in [6.45, 7) is 14.8. The summed E-state index contributed by atoms with van der Waals surface area (Å²) in [6.07, 6.45) is 9.72. The fraction of sp³-hybridized carbons (Fsp3) is 0.455. The molecule has 0 saturated heterocycles. The molecule has 4 amide bonds. The third-order valence-corrected chi connectivity index (χ3v) is 13.8. The average molecular weight is 833 g/mol. The second-order valence-electron chi connectivity index (χ2n) is 16.3. The minimum atomic E-state index is -0.919. The Morgan fingerprint density at radius 1 is 0.554 bits per heavy atom. The van der Waals surface area contributed by atoms with Crippen LogP contribution in [0.15, 0.2) is 58.3 Å². The quantitative estimate of drug-likeness (QED) is 0.117. The zero-order valence-electron chi connectivity index (χ0n) is 33.7. The molecule has 0 bridgehead atoms. The van der Waals surface area contributed by atoms with Crippen molar-refractivity contribution in [3.63, 3.8) is 0 Å². The topological polar surface area (TPSA) is 93.2 Å². The van der Waals surface area contributed by atoms with Crippen LogP contribution < -0.4 is 0 Å². The fourth-order valence-electron chi connectivity index (χ4n) is 6.71. The number of amides is 4. The molecule has 2 aliphatic rings. The van der Waals surface area contributed by atoms with Gasteiger partial charge in [0.2, 0.25) is 0 Å². The first-order chi connectivity index (χ1) is 26.6. The second kappa shape index (κ2) is 17.3. The van der Waals surface area contributed by atoms with Gasteiger partial charge in [-0.2, -0.15) is 0 Å². The molecule has 298 valence electrons. The van der Waals surface area contributed by atoms with Crippen molar-refractivity contribution in [2.75, 3.05) is 0 Å². The third kappa shape index (κ3) is 9.30. The summed E-state index contributed by atoms with van der Waals surface area (Å²) < 4.78 is 11.6. The SMILES string of the molecule is CCCCCCc1csc(-c2ccc(C3=C4C(=O)N(C(=O)OC(C)(C)C)C(c5ccc(-c6cc(CCCCCC)cs6)s5)=C4C(=O)N3C(=O)OC(C)(C)C)s2)c1. The molecule has 12 heteroatoms. The summed E-state index contributed by atoms with van der Waals surface area (Å²) in [4.78, 5) is 64.5. The van der Waals surface area contributed by atoms with Crippen LogP contribution in [0, 0.1) is 0 Å². The molecule has 56 heavy (non-hydrogen) atoms. The van der Waals surface area contributed by atoms with Crippen LogP contribution >= 0.6 is 45.3 Å². The molecule has 4 aromatic rings. The van der Waals surface area contributed by atoms with Crippen molar-refractivity contribution in [2.24, 2.45) is 0 Å². The molecule has 8 nitrogen and oxygen atoms in total. The van der Waals surface area contributed by atoms with Crippen molar-refractivity contribution in [3.05, 3.63) is 79.2 Å². The highest BCUT2D eigenvalue weighted by molar-refractivity contribution is 7.22. The lowest BCUT2D eigenvalue weighted by atomic mass is 10.1. The molecule has 0 fully saturated rings. The number of thiophene rings is 4. The van der Waals surface area contributed by atoms with Gasteiger partial charge in [0.15, 0.2) is 0 Å². The van der Waals surface area contributed by atoms with Crippen molar-refractivity contribution >= 4 is 80.7 Å². The van der Waals surface area contributed by atoms with Crippen LogP contribution in [0.3, 0.4) is 0 Å². The molecule has 0 atom stereocenters. The van der Waals surface area contributed by atoms with Crippen LogP contribution in [0.4, 0.5) is 9.59 Å². The maximum absolute atomic E-state index is 14.7. The van der Waals surface area contributed by atoms with E-state index in [0.717, 1.165) is 55.0 Å². The number of imide groups is 2. The van der Waals surface area contributed by atoms with E-state index >= 15 is 0 Å². The number of hydrogen-bond acceptors (Lipinski definition) is 10. The molecule has 2 aliphatic heterocycles. The monoisotopic (exact) mass is 832 g/mol. The van der Waals surface area contributed by atoms with Gasteiger partial charge in [-0.3, -0.25) is 9.59 Å². The molecule has 0 spiro atoms. The molecular weight excluding hydrogens is 781 g/mol. The van der Waals surface area contributed by atoms with E-state index in [-0.39, 0.29) is 22.5 Å². The zero-order valence-corrected chi connectivity index (χ0v) is 36.9. The number of unbranched alkanes of at least 4 members (excludes halogenated alkanes) is 6. The smallest absolute Gasteiger partial charge is 0.422 e. The van der Waals surface area contributed by atoms with Crippen molar-refractivity contribution in [1.82, 2.24) is 9.80 Å². The Balaban J connectivity index is 1.45. The van der Waals surface area contributed by atoms with E-state index in [4.69, 9.17) is 9.47 Å². The Morgan fingerprint density at radius 2 is 0.929 bits per heavy atom. The number of rotatable bonds is 14. The lowest BCUT2D eigenvalue weighted by Crippen LogP contribution is -2.40. The first-order valence-electron chi connectivity index (χ1n) is 19.6. The van der Waals surface area contributed by atoms with Crippen LogP contribution in [-0.2, 0) is 31.9 Å². The maximum Gasteiger partial charge on any atom is 0.422 e. The van der Waals surface area contributed by atoms with Crippen LogP contribution in [0.5, 0.6) is 0 Å². The Bertz CT molecular complexity index is 2010. The number of nitrogens with zero attached hydrogens (tertiary/aromatic N) is 2. The van der Waals surface area contributed by atoms with Crippen molar-refractivity contribution in [3.8, 4) is 19.5 Å². The number of ether oxygens (including phenoxy) is 2. The molecule has 0 radical (unpaired) electrons. The molecular formula is C44H52N2O6S4. The summed E-state index contributed by atoms with van der Waals surface area (Å²) in [5.41, 5.74) is 0.914. The number of carbonyl (C=O) groups excluding carboxylic acids is 4. The summed E-state index contributed by atoms with van der Waals surface area (Å²) in [5, 5.41) is 4.36. The Kier molecular flexibility index (Phi) is 12.9. The highest BCUT2D eigenvalue weighted by Crippen LogP contribution is 2.51. The lowest BCUT2D eigenvalue weighted by molar-refractivity contribution is -0.123. The average Bonchev–Trinajstić information content (AvgIpc) is 3.96. The van der Waals surface area contributed by atoms with Gasteiger partial charge in [-0.15, -0.1) is 45.3 Å². The normalized spacial score (nSPS) is 14.8. The largest absolute Gasteiger partial charge is 0.443 e. The van der Waals surface area contributed by atoms with E-state index in [0.29, 0.717) is 9.75 Å². The molecule has 0 aliphatic carbocycles. The van der Waals surface area contributed by atoms with Crippen molar-refractivity contribution in [1.29, 1.82) is 0 Å². The number of carbonyl (C=O) groups is 4. The highest BCUT2D eigenvalue weighted by Gasteiger charge is 2.54. The van der Waals surface area contributed by atoms with Crippen molar-refractivity contribution in [2.45, 2.75) is 131 Å². The lowest BCUT2D eigenvalue weighted by Gasteiger charge is -2.27. The molecule has 6 heterocycles. The molecule has 0 N–H and O–H groups in total. The number of aryl methyl sites for hydroxylation is 2. The Morgan fingerprint density at radius 3 is 1.29 bits per heavy atom. The van der Waals surface area contributed by atoms with E-state index in [1.807, 2.05) is 24.3 Å². The van der Waals surface area contributed by atoms with Crippen LogP contribution in [-0.4, -0.2) is 45.0 Å². The minimum Gasteiger partial charge on any atom is -0.443 e. The van der Waals surface area contributed by atoms with Gasteiger partial charge in [-0.25, -0.2) is 19.4 Å². The molecule has 6 rings (SSSR count). The highest BCUT2D eigenvalue weighted by atomic mass is 32.1. The summed E-state index contributed by atoms with van der Waals surface area (Å²) in [7, 11) is 0. The number of fused-ring (bicyclic) bond motifs is 1. The van der Waals surface area contributed by atoms with Gasteiger partial charge in [-0.1, -0.05) is 52.4 Å². The third-order valence-electron chi connectivity index (χ3n) is 9.27. The predicted molar refractivity (Wildman–Crippen MR) is 231 cm³/mol. The van der Waals surface area contributed by atoms with E-state index < -0.39 is 35.2 Å². The van der Waals surface area contributed by atoms with E-state index in [2.05, 4.69) is 36.7 Å². The second-order valence-corrected chi connectivity index (χ2v) is 20.3. The summed E-state index contributed by atoms with van der Waals surface area (Å²) in [6, 6.07) is 12.0. The fourth-order valence-corrected chi connectivity index (χ4v) is 10.9. The maximum atomic E-state index is 14.7. The Hall–Kier alpha value is -3.84. The van der Waals surface area contributed by atoms with Crippen LogP contribution in [0.25, 0.3) is 30.9 Å². The first kappa shape index (κ1) is 41.8. The zero-order chi connectivity index (χ0) is 40.4. The standard InChI is InChI=1S/C44H52N2O6S4/c1-9-11-13-15-17-27-23-33(53-25-27)29-19-21-31(55-29)37-35-36(40(48)45(37)41(49)51-43(3,4)5)38(46(39(35)47)42(50)52-44(6,7)8)32-22-20-30(56-32)34-24-28(26-54-34)18-16-14-12-10-2/h19-26H,9-18H2,1-8H3. The van der Waals surface area contributed by atoms with Gasteiger partial charge >= 0.3 is 12.2 Å². The van der Waals surface area contributed by atoms with E-state index in [9.17, 15) is 19.2 Å². The van der Waals surface area contributed by atoms with E-state index in [1.54, 1.807) is 64.2 Å². The van der Waals surface area contributed by atoms with Crippen LogP contribution in [0.2, 0.25) is 0 Å². The van der Waals surface area contributed by atoms with Gasteiger partial charge < -0.3 is 9.47 Å². The molecule has 0 aromatic carbocycles. The molecule has 0 saturated carbocycles. The summed E-state index contributed by atoms with van der Waals surface area (Å²) >= 11 is 6.09. The minimum absolute atomic E-state index is 0.0154. The Labute approximate surface area is 346 Å². The van der Waals surface area contributed by atoms with Crippen molar-refractivity contribution < 1.29 is 28.7 Å². The predicted octanol–water partition coefficient (Wildman–Crippen LogP) is 13.2. The van der Waals surface area contributed by atoms with Gasteiger partial charge in [0.25, 0.3) is 11.8 Å². The van der Waals surface area contributed by atoms with Gasteiger partial charge in [0.1, 0.15) is 11.2 Å². The summed E-state index contributed by atoms with van der Waals surface area (Å²) in [5.74, 6) is -1.45. The molecule has 0 unspecified atom stereocenters. The van der Waals surface area contributed by atoms with Gasteiger partial charge in [-0.05, 0) is 126 Å².